The normalized spacial score (nSPS) is 11.0. The number of rotatable bonds is 6. The molecule has 1 heterocycles. The van der Waals surface area contributed by atoms with Crippen LogP contribution < -0.4 is 16.1 Å². The Kier molecular flexibility index (Phi) is 5.69. The fourth-order valence-corrected chi connectivity index (χ4v) is 3.14. The number of nitrogens with zero attached hydrogens (tertiary/aromatic N) is 1. The smallest absolute Gasteiger partial charge is 0.422 e. The van der Waals surface area contributed by atoms with Crippen LogP contribution in [0.1, 0.15) is 18.4 Å². The van der Waals surface area contributed by atoms with Gasteiger partial charge in [0.2, 0.25) is 0 Å². The number of ether oxygens (including phenoxy) is 1. The third-order valence-electron chi connectivity index (χ3n) is 4.05. The average Bonchev–Trinajstić information content (AvgIpc) is 2.60. The van der Waals surface area contributed by atoms with Crippen molar-refractivity contribution in [3.63, 3.8) is 0 Å². The minimum Gasteiger partial charge on any atom is -0.492 e. The van der Waals surface area contributed by atoms with Crippen LogP contribution in [-0.4, -0.2) is 11.2 Å². The van der Waals surface area contributed by atoms with E-state index in [4.69, 9.17) is 32.4 Å². The Morgan fingerprint density at radius 1 is 1.12 bits per heavy atom. The van der Waals surface area contributed by atoms with Gasteiger partial charge >= 0.3 is 11.4 Å². The van der Waals surface area contributed by atoms with Crippen molar-refractivity contribution in [1.29, 1.82) is 0 Å². The fourth-order valence-electron chi connectivity index (χ4n) is 2.81. The number of aromatic nitrogens is 1. The number of halogens is 2. The van der Waals surface area contributed by atoms with E-state index in [-0.39, 0.29) is 0 Å². The summed E-state index contributed by atoms with van der Waals surface area (Å²) in [4.78, 5) is 24.0. The molecule has 5 nitrogen and oxygen atoms in total. The molecule has 0 aliphatic heterocycles. The van der Waals surface area contributed by atoms with E-state index in [2.05, 4.69) is 0 Å². The highest BCUT2D eigenvalue weighted by molar-refractivity contribution is 6.34. The topological polar surface area (TPSA) is 61.4 Å². The number of unbranched alkanes of at least 4 members (excludes halogenated alkanes) is 1. The van der Waals surface area contributed by atoms with Crippen molar-refractivity contribution in [1.82, 2.24) is 4.57 Å². The van der Waals surface area contributed by atoms with Crippen molar-refractivity contribution in [3.05, 3.63) is 73.0 Å². The molecule has 0 radical (unpaired) electrons. The second-order valence-electron chi connectivity index (χ2n) is 5.91. The van der Waals surface area contributed by atoms with E-state index in [0.717, 1.165) is 5.56 Å². The van der Waals surface area contributed by atoms with Crippen molar-refractivity contribution >= 4 is 34.1 Å². The molecule has 1 aromatic heterocycles. The van der Waals surface area contributed by atoms with Crippen molar-refractivity contribution in [3.8, 4) is 5.75 Å². The van der Waals surface area contributed by atoms with Gasteiger partial charge in [-0.05, 0) is 43.5 Å². The largest absolute Gasteiger partial charge is 0.492 e. The summed E-state index contributed by atoms with van der Waals surface area (Å²) in [5.74, 6) is -0.112. The number of fused-ring (bicyclic) bond motifs is 1. The molecule has 0 bridgehead atoms. The molecule has 0 saturated heterocycles. The maximum atomic E-state index is 12.1. The molecule has 0 amide bonds. The highest BCUT2D eigenvalue weighted by Crippen LogP contribution is 2.27. The molecular formula is C19H17Cl2NO4. The molecule has 0 aliphatic carbocycles. The third kappa shape index (κ3) is 3.94. The van der Waals surface area contributed by atoms with Crippen LogP contribution in [0.4, 0.5) is 0 Å². The summed E-state index contributed by atoms with van der Waals surface area (Å²) < 4.78 is 12.0. The molecule has 0 fully saturated rings. The van der Waals surface area contributed by atoms with E-state index in [1.807, 2.05) is 13.0 Å². The van der Waals surface area contributed by atoms with Crippen LogP contribution in [0.3, 0.4) is 0 Å². The van der Waals surface area contributed by atoms with E-state index in [1.165, 1.54) is 4.57 Å². The molecule has 136 valence electrons. The van der Waals surface area contributed by atoms with Crippen molar-refractivity contribution < 1.29 is 9.15 Å². The van der Waals surface area contributed by atoms with Gasteiger partial charge in [-0.15, -0.1) is 0 Å². The number of benzene rings is 2. The summed E-state index contributed by atoms with van der Waals surface area (Å²) in [6.07, 6.45) is 1.37. The van der Waals surface area contributed by atoms with Crippen LogP contribution in [0.5, 0.6) is 5.75 Å². The quantitative estimate of drug-likeness (QED) is 0.581. The first-order valence-corrected chi connectivity index (χ1v) is 8.94. The highest BCUT2D eigenvalue weighted by atomic mass is 35.5. The number of para-hydroxylation sites is 1. The van der Waals surface area contributed by atoms with Gasteiger partial charge in [0.05, 0.1) is 22.5 Å². The lowest BCUT2D eigenvalue weighted by molar-refractivity contribution is 0.301. The molecule has 7 heteroatoms. The van der Waals surface area contributed by atoms with Crippen LogP contribution in [-0.2, 0) is 6.54 Å². The van der Waals surface area contributed by atoms with Gasteiger partial charge in [-0.2, -0.15) is 0 Å². The Balaban J connectivity index is 1.68. The minimum absolute atomic E-state index is 0.409. The number of hydrogen-bond donors (Lipinski definition) is 0. The SMILES string of the molecule is Cc1cccc2c(=O)oc(=O)n(CCCCOc3cc(Cl)ccc3Cl)c12. The number of hydrogen-bond acceptors (Lipinski definition) is 4. The van der Waals surface area contributed by atoms with Gasteiger partial charge in [-0.25, -0.2) is 9.59 Å². The maximum Gasteiger partial charge on any atom is 0.422 e. The molecule has 0 saturated carbocycles. The highest BCUT2D eigenvalue weighted by Gasteiger charge is 2.11. The van der Waals surface area contributed by atoms with Gasteiger partial charge in [0, 0.05) is 17.6 Å². The Morgan fingerprint density at radius 2 is 1.92 bits per heavy atom. The molecule has 3 aromatic rings. The Morgan fingerprint density at radius 3 is 2.73 bits per heavy atom. The van der Waals surface area contributed by atoms with Crippen LogP contribution in [0, 0.1) is 6.92 Å². The summed E-state index contributed by atoms with van der Waals surface area (Å²) in [6, 6.07) is 10.3. The van der Waals surface area contributed by atoms with E-state index >= 15 is 0 Å². The van der Waals surface area contributed by atoms with Gasteiger partial charge in [0.15, 0.2) is 0 Å². The molecule has 2 aromatic carbocycles. The summed E-state index contributed by atoms with van der Waals surface area (Å²) in [7, 11) is 0. The van der Waals surface area contributed by atoms with E-state index in [1.54, 1.807) is 30.3 Å². The summed E-state index contributed by atoms with van der Waals surface area (Å²) >= 11 is 12.0. The fraction of sp³-hybridized carbons (Fsp3) is 0.263. The standard InChI is InChI=1S/C19H17Cl2NO4/c1-12-5-4-6-14-17(12)22(19(24)26-18(14)23)9-2-3-10-25-16-11-13(20)7-8-15(16)21/h4-8,11H,2-3,9-10H2,1H3. The summed E-state index contributed by atoms with van der Waals surface area (Å²) in [5, 5.41) is 1.46. The van der Waals surface area contributed by atoms with Crippen LogP contribution in [0.2, 0.25) is 10.0 Å². The molecule has 3 rings (SSSR count). The molecular weight excluding hydrogens is 377 g/mol. The van der Waals surface area contributed by atoms with Crippen LogP contribution in [0.15, 0.2) is 50.4 Å². The predicted molar refractivity (Wildman–Crippen MR) is 103 cm³/mol. The Hall–Kier alpha value is -2.24. The van der Waals surface area contributed by atoms with Gasteiger partial charge in [-0.3, -0.25) is 4.57 Å². The van der Waals surface area contributed by atoms with Gasteiger partial charge in [0.1, 0.15) is 5.75 Å². The molecule has 0 atom stereocenters. The molecule has 0 aliphatic rings. The lowest BCUT2D eigenvalue weighted by Crippen LogP contribution is -2.25. The predicted octanol–water partition coefficient (Wildman–Crippen LogP) is 4.43. The second kappa shape index (κ2) is 7.98. The molecule has 0 N–H and O–H groups in total. The van der Waals surface area contributed by atoms with E-state index < -0.39 is 11.4 Å². The van der Waals surface area contributed by atoms with E-state index in [9.17, 15) is 9.59 Å². The van der Waals surface area contributed by atoms with Crippen molar-refractivity contribution in [2.24, 2.45) is 0 Å². The Labute approximate surface area is 159 Å². The Bertz CT molecular complexity index is 1060. The average molecular weight is 394 g/mol. The molecule has 0 spiro atoms. The molecule has 26 heavy (non-hydrogen) atoms. The maximum absolute atomic E-state index is 12.1. The zero-order chi connectivity index (χ0) is 18.7. The monoisotopic (exact) mass is 393 g/mol. The van der Waals surface area contributed by atoms with Crippen LogP contribution >= 0.6 is 23.2 Å². The zero-order valence-electron chi connectivity index (χ0n) is 14.1. The second-order valence-corrected chi connectivity index (χ2v) is 6.75. The van der Waals surface area contributed by atoms with Crippen molar-refractivity contribution in [2.75, 3.05) is 6.61 Å². The van der Waals surface area contributed by atoms with Gasteiger partial charge < -0.3 is 9.15 Å². The lowest BCUT2D eigenvalue weighted by atomic mass is 10.1. The van der Waals surface area contributed by atoms with Gasteiger partial charge in [-0.1, -0.05) is 35.3 Å². The van der Waals surface area contributed by atoms with Crippen molar-refractivity contribution in [2.45, 2.75) is 26.3 Å². The molecule has 0 unspecified atom stereocenters. The number of aryl methyl sites for hydroxylation is 2. The third-order valence-corrected chi connectivity index (χ3v) is 4.60. The zero-order valence-corrected chi connectivity index (χ0v) is 15.6. The van der Waals surface area contributed by atoms with Gasteiger partial charge in [0.25, 0.3) is 0 Å². The van der Waals surface area contributed by atoms with E-state index in [0.29, 0.717) is 52.7 Å². The minimum atomic E-state index is -0.643. The first kappa shape index (κ1) is 18.5. The van der Waals surface area contributed by atoms with Crippen LogP contribution in [0.25, 0.3) is 10.9 Å². The summed E-state index contributed by atoms with van der Waals surface area (Å²) in [6.45, 7) is 2.72. The lowest BCUT2D eigenvalue weighted by Gasteiger charge is -2.11. The first-order valence-electron chi connectivity index (χ1n) is 8.18. The first-order chi connectivity index (χ1) is 12.5. The summed E-state index contributed by atoms with van der Waals surface area (Å²) in [5.41, 5.74) is 0.867.